The number of carboxylic acid groups (broad SMARTS) is 1. The number of aliphatic carboxylic acids is 1. The average Bonchev–Trinajstić information content (AvgIpc) is 2.35. The molecule has 0 radical (unpaired) electrons. The molecule has 0 saturated heterocycles. The maximum atomic E-state index is 10.8. The molecule has 0 spiro atoms. The third kappa shape index (κ3) is 5.53. The molecule has 0 fully saturated rings. The number of carbonyl (C=O) groups is 2. The van der Waals surface area contributed by atoms with Crippen LogP contribution in [0.2, 0.25) is 5.02 Å². The van der Waals surface area contributed by atoms with Gasteiger partial charge in [0.25, 0.3) is 0 Å². The lowest BCUT2D eigenvalue weighted by molar-refractivity contribution is -0.140. The van der Waals surface area contributed by atoms with Crippen molar-refractivity contribution < 1.29 is 14.7 Å². The van der Waals surface area contributed by atoms with Crippen molar-refractivity contribution in [2.75, 3.05) is 5.75 Å². The number of aryl methyl sites for hydroxylation is 1. The van der Waals surface area contributed by atoms with E-state index in [0.29, 0.717) is 18.6 Å². The Hall–Kier alpha value is -1.20. The molecule has 6 heteroatoms. The molecule has 0 aliphatic rings. The van der Waals surface area contributed by atoms with E-state index in [2.05, 4.69) is 5.32 Å². The van der Waals surface area contributed by atoms with Crippen LogP contribution in [0.15, 0.2) is 18.2 Å². The molecule has 0 aromatic heterocycles. The van der Waals surface area contributed by atoms with E-state index in [9.17, 15) is 9.59 Å². The fourth-order valence-corrected chi connectivity index (χ4v) is 2.91. The van der Waals surface area contributed by atoms with E-state index in [0.717, 1.165) is 21.9 Å². The second kappa shape index (κ2) is 8.07. The van der Waals surface area contributed by atoms with Crippen LogP contribution in [0.3, 0.4) is 0 Å². The summed E-state index contributed by atoms with van der Waals surface area (Å²) in [6.07, 6.45) is 0.808. The van der Waals surface area contributed by atoms with Crippen molar-refractivity contribution in [1.29, 1.82) is 0 Å². The molecule has 19 heavy (non-hydrogen) atoms. The molecular weight excluding hydrogens is 286 g/mol. The summed E-state index contributed by atoms with van der Waals surface area (Å²) in [5.74, 6) is 0.357. The van der Waals surface area contributed by atoms with Crippen LogP contribution in [0.4, 0.5) is 0 Å². The number of halogens is 1. The predicted octanol–water partition coefficient (Wildman–Crippen LogP) is 2.47. The van der Waals surface area contributed by atoms with Crippen molar-refractivity contribution in [3.8, 4) is 0 Å². The van der Waals surface area contributed by atoms with Crippen LogP contribution in [0.5, 0.6) is 0 Å². The van der Waals surface area contributed by atoms with Gasteiger partial charge < -0.3 is 10.4 Å². The van der Waals surface area contributed by atoms with Crippen LogP contribution >= 0.6 is 23.4 Å². The summed E-state index contributed by atoms with van der Waals surface area (Å²) in [5, 5.41) is 11.9. The minimum Gasteiger partial charge on any atom is -0.480 e. The lowest BCUT2D eigenvalue weighted by atomic mass is 10.2. The fraction of sp³-hybridized carbons (Fsp3) is 0.385. The smallest absolute Gasteiger partial charge is 0.326 e. The summed E-state index contributed by atoms with van der Waals surface area (Å²) in [4.78, 5) is 21.0. The first kappa shape index (κ1) is 15.9. The molecule has 1 atom stereocenters. The normalized spacial score (nSPS) is 11.9. The molecule has 2 N–H and O–H groups in total. The molecule has 1 amide bonds. The van der Waals surface area contributed by atoms with Gasteiger partial charge in [-0.1, -0.05) is 23.7 Å². The fourth-order valence-electron chi connectivity index (χ4n) is 1.51. The zero-order chi connectivity index (χ0) is 14.3. The molecule has 0 aliphatic carbocycles. The molecule has 0 saturated carbocycles. The SMILES string of the molecule is Cc1ccc(CSCCC(NC=O)C(=O)O)c(Cl)c1. The maximum Gasteiger partial charge on any atom is 0.326 e. The van der Waals surface area contributed by atoms with Crippen LogP contribution in [0, 0.1) is 6.92 Å². The van der Waals surface area contributed by atoms with Gasteiger partial charge in [0.05, 0.1) is 0 Å². The van der Waals surface area contributed by atoms with Crippen LogP contribution in [0.1, 0.15) is 17.5 Å². The number of carboxylic acids is 1. The lowest BCUT2D eigenvalue weighted by Crippen LogP contribution is -2.36. The summed E-state index contributed by atoms with van der Waals surface area (Å²) in [6, 6.07) is 5.06. The van der Waals surface area contributed by atoms with Gasteiger partial charge >= 0.3 is 5.97 Å². The first-order chi connectivity index (χ1) is 9.04. The van der Waals surface area contributed by atoms with Gasteiger partial charge in [0.1, 0.15) is 6.04 Å². The number of thioether (sulfide) groups is 1. The van der Waals surface area contributed by atoms with E-state index in [4.69, 9.17) is 16.7 Å². The minimum absolute atomic E-state index is 0.391. The number of hydrogen-bond acceptors (Lipinski definition) is 3. The predicted molar refractivity (Wildman–Crippen MR) is 77.6 cm³/mol. The quantitative estimate of drug-likeness (QED) is 0.572. The highest BCUT2D eigenvalue weighted by Gasteiger charge is 2.15. The Balaban J connectivity index is 2.37. The van der Waals surface area contributed by atoms with Crippen molar-refractivity contribution in [3.63, 3.8) is 0 Å². The maximum absolute atomic E-state index is 10.8. The topological polar surface area (TPSA) is 66.4 Å². The average molecular weight is 302 g/mol. The second-order valence-corrected chi connectivity index (χ2v) is 5.62. The first-order valence-corrected chi connectivity index (χ1v) is 7.33. The highest BCUT2D eigenvalue weighted by Crippen LogP contribution is 2.22. The molecule has 0 bridgehead atoms. The van der Waals surface area contributed by atoms with E-state index in [1.165, 1.54) is 0 Å². The van der Waals surface area contributed by atoms with Crippen molar-refractivity contribution >= 4 is 35.7 Å². The lowest BCUT2D eigenvalue weighted by Gasteiger charge is -2.10. The molecule has 4 nitrogen and oxygen atoms in total. The summed E-state index contributed by atoms with van der Waals surface area (Å²) in [7, 11) is 0. The highest BCUT2D eigenvalue weighted by molar-refractivity contribution is 7.98. The number of amides is 1. The summed E-state index contributed by atoms with van der Waals surface area (Å²) in [5.41, 5.74) is 2.15. The third-order valence-corrected chi connectivity index (χ3v) is 3.98. The Bertz CT molecular complexity index is 454. The molecule has 1 aromatic rings. The monoisotopic (exact) mass is 301 g/mol. The Morgan fingerprint density at radius 1 is 1.58 bits per heavy atom. The van der Waals surface area contributed by atoms with Crippen molar-refractivity contribution in [2.24, 2.45) is 0 Å². The highest BCUT2D eigenvalue weighted by atomic mass is 35.5. The first-order valence-electron chi connectivity index (χ1n) is 5.80. The summed E-state index contributed by atoms with van der Waals surface area (Å²) >= 11 is 7.70. The Morgan fingerprint density at radius 2 is 2.32 bits per heavy atom. The van der Waals surface area contributed by atoms with Gasteiger partial charge in [0, 0.05) is 10.8 Å². The Kier molecular flexibility index (Phi) is 6.73. The van der Waals surface area contributed by atoms with E-state index in [-0.39, 0.29) is 0 Å². The number of carbonyl (C=O) groups excluding carboxylic acids is 1. The number of nitrogens with one attached hydrogen (secondary N) is 1. The van der Waals surface area contributed by atoms with Gasteiger partial charge in [0.15, 0.2) is 0 Å². The van der Waals surface area contributed by atoms with Gasteiger partial charge in [-0.15, -0.1) is 0 Å². The largest absolute Gasteiger partial charge is 0.480 e. The van der Waals surface area contributed by atoms with E-state index < -0.39 is 12.0 Å². The second-order valence-electron chi connectivity index (χ2n) is 4.11. The van der Waals surface area contributed by atoms with Gasteiger partial charge in [-0.25, -0.2) is 4.79 Å². The van der Waals surface area contributed by atoms with Gasteiger partial charge in [-0.3, -0.25) is 4.79 Å². The van der Waals surface area contributed by atoms with Crippen molar-refractivity contribution in [3.05, 3.63) is 34.3 Å². The molecule has 0 heterocycles. The van der Waals surface area contributed by atoms with Crippen molar-refractivity contribution in [2.45, 2.75) is 25.1 Å². The number of hydrogen-bond donors (Lipinski definition) is 2. The van der Waals surface area contributed by atoms with Crippen LogP contribution in [-0.4, -0.2) is 29.3 Å². The molecule has 0 aliphatic heterocycles. The Morgan fingerprint density at radius 3 is 2.89 bits per heavy atom. The minimum atomic E-state index is -1.01. The van der Waals surface area contributed by atoms with E-state index in [1.54, 1.807) is 11.8 Å². The third-order valence-electron chi connectivity index (χ3n) is 2.58. The van der Waals surface area contributed by atoms with Gasteiger partial charge in [-0.2, -0.15) is 11.8 Å². The zero-order valence-corrected chi connectivity index (χ0v) is 12.1. The van der Waals surface area contributed by atoms with Crippen LogP contribution < -0.4 is 5.32 Å². The molecular formula is C13H16ClNO3S. The van der Waals surface area contributed by atoms with Gasteiger partial charge in [0.2, 0.25) is 6.41 Å². The zero-order valence-electron chi connectivity index (χ0n) is 10.6. The standard InChI is InChI=1S/C13H16ClNO3S/c1-9-2-3-10(11(14)6-9)7-19-5-4-12(13(17)18)15-8-16/h2-3,6,8,12H,4-5,7H2,1H3,(H,15,16)(H,17,18). The van der Waals surface area contributed by atoms with Crippen molar-refractivity contribution in [1.82, 2.24) is 5.32 Å². The number of rotatable bonds is 8. The Labute approximate surface area is 121 Å². The van der Waals surface area contributed by atoms with Gasteiger partial charge in [-0.05, 0) is 36.3 Å². The molecule has 1 unspecified atom stereocenters. The van der Waals surface area contributed by atoms with Crippen LogP contribution in [0.25, 0.3) is 0 Å². The molecule has 1 rings (SSSR count). The summed E-state index contributed by atoms with van der Waals surface area (Å²) < 4.78 is 0. The summed E-state index contributed by atoms with van der Waals surface area (Å²) in [6.45, 7) is 1.98. The molecule has 104 valence electrons. The van der Waals surface area contributed by atoms with E-state index >= 15 is 0 Å². The van der Waals surface area contributed by atoms with E-state index in [1.807, 2.05) is 25.1 Å². The van der Waals surface area contributed by atoms with Crippen LogP contribution in [-0.2, 0) is 15.3 Å². The molecule has 1 aromatic carbocycles. The number of benzene rings is 1.